The second-order valence-corrected chi connectivity index (χ2v) is 2.03. The Kier molecular flexibility index (Phi) is 15.2. The van der Waals surface area contributed by atoms with Crippen molar-refractivity contribution in [1.82, 2.24) is 0 Å². The van der Waals surface area contributed by atoms with Gasteiger partial charge < -0.3 is 5.11 Å². The number of aliphatic carboxylic acids is 1. The van der Waals surface area contributed by atoms with Crippen LogP contribution in [-0.2, 0) is 28.9 Å². The van der Waals surface area contributed by atoms with Crippen LogP contribution in [0.5, 0.6) is 0 Å². The molecule has 10 heavy (non-hydrogen) atoms. The molecule has 0 heterocycles. The van der Waals surface area contributed by atoms with E-state index in [-0.39, 0.29) is 0 Å². The summed E-state index contributed by atoms with van der Waals surface area (Å²) < 4.78 is 4.54. The molecule has 0 aromatic heterocycles. The van der Waals surface area contributed by atoms with Gasteiger partial charge in [0.25, 0.3) is 0 Å². The Balaban J connectivity index is 0. The van der Waals surface area contributed by atoms with E-state index >= 15 is 0 Å². The third-order valence-electron chi connectivity index (χ3n) is 0.608. The number of carboxylic acid groups (broad SMARTS) is 1. The van der Waals surface area contributed by atoms with E-state index in [0.717, 1.165) is 13.0 Å². The Morgan fingerprint density at radius 3 is 2.00 bits per heavy atom. The minimum absolute atomic E-state index is 0.292. The molecule has 3 nitrogen and oxygen atoms in total. The van der Waals surface area contributed by atoms with E-state index in [1.165, 1.54) is 0 Å². The normalized spacial score (nSPS) is 7.70. The van der Waals surface area contributed by atoms with Crippen molar-refractivity contribution in [3.8, 4) is 0 Å². The Morgan fingerprint density at radius 1 is 1.60 bits per heavy atom. The Labute approximate surface area is 73.6 Å². The van der Waals surface area contributed by atoms with Crippen molar-refractivity contribution >= 4 is 5.97 Å². The molecule has 0 bridgehead atoms. The summed E-state index contributed by atoms with van der Waals surface area (Å²) >= 11 is 1.68. The summed E-state index contributed by atoms with van der Waals surface area (Å²) in [6.45, 7) is 4.62. The number of hydrogen-bond acceptors (Lipinski definition) is 2. The van der Waals surface area contributed by atoms with Crippen LogP contribution in [0.1, 0.15) is 26.7 Å². The molecule has 4 heteroatoms. The molecule has 0 aliphatic heterocycles. The van der Waals surface area contributed by atoms with Gasteiger partial charge in [-0.3, -0.25) is 4.79 Å². The molecule has 0 unspecified atom stereocenters. The zero-order chi connectivity index (χ0) is 8.41. The molecule has 0 aromatic rings. The fourth-order valence-corrected chi connectivity index (χ4v) is 0.214. The van der Waals surface area contributed by atoms with Gasteiger partial charge in [-0.15, -0.1) is 0 Å². The van der Waals surface area contributed by atoms with Gasteiger partial charge >= 0.3 is 43.6 Å². The Hall–Kier alpha value is 0.144. The van der Waals surface area contributed by atoms with Crippen LogP contribution in [0.2, 0.25) is 0 Å². The molecule has 0 aliphatic carbocycles. The molecule has 0 saturated heterocycles. The van der Waals surface area contributed by atoms with Gasteiger partial charge in [-0.05, 0) is 6.42 Å². The van der Waals surface area contributed by atoms with Gasteiger partial charge in [0.1, 0.15) is 0 Å². The topological polar surface area (TPSA) is 46.5 Å². The van der Waals surface area contributed by atoms with Crippen molar-refractivity contribution in [1.29, 1.82) is 0 Å². The van der Waals surface area contributed by atoms with Crippen LogP contribution in [0, 0.1) is 0 Å². The maximum atomic E-state index is 9.60. The van der Waals surface area contributed by atoms with Crippen molar-refractivity contribution in [2.75, 3.05) is 6.61 Å². The van der Waals surface area contributed by atoms with Gasteiger partial charge in [-0.25, -0.2) is 0 Å². The summed E-state index contributed by atoms with van der Waals surface area (Å²) in [7, 11) is 0. The van der Waals surface area contributed by atoms with Crippen molar-refractivity contribution in [2.45, 2.75) is 26.7 Å². The van der Waals surface area contributed by atoms with Crippen LogP contribution in [0.3, 0.4) is 0 Å². The molecule has 59 valence electrons. The van der Waals surface area contributed by atoms with E-state index in [0.29, 0.717) is 6.42 Å². The van der Waals surface area contributed by atoms with Gasteiger partial charge in [0.2, 0.25) is 0 Å². The van der Waals surface area contributed by atoms with Gasteiger partial charge in [0.05, 0.1) is 0 Å². The number of hydrogen-bond donors (Lipinski definition) is 1. The third kappa shape index (κ3) is 24.2. The molecule has 0 spiro atoms. The molecule has 0 rings (SSSR count). The summed E-state index contributed by atoms with van der Waals surface area (Å²) in [6, 6.07) is 0. The van der Waals surface area contributed by atoms with Crippen molar-refractivity contribution in [3.63, 3.8) is 0 Å². The van der Waals surface area contributed by atoms with Crippen LogP contribution in [-0.4, -0.2) is 17.7 Å². The fourth-order valence-electron chi connectivity index (χ4n) is 0.214. The van der Waals surface area contributed by atoms with Crippen LogP contribution >= 0.6 is 0 Å². The molecule has 0 radical (unpaired) electrons. The predicted molar refractivity (Wildman–Crippen MR) is 34.2 cm³/mol. The van der Waals surface area contributed by atoms with Gasteiger partial charge in [-0.1, -0.05) is 6.92 Å². The zero-order valence-electron chi connectivity index (χ0n) is 6.39. The molecule has 0 fully saturated rings. The summed E-state index contributed by atoms with van der Waals surface area (Å²) in [5.74, 6) is -0.711. The quantitative estimate of drug-likeness (QED) is 0.668. The average molecular weight is 181 g/mol. The van der Waals surface area contributed by atoms with Gasteiger partial charge in [-0.2, -0.15) is 0 Å². The SMILES string of the molecule is CCCC(=O)O.CC[O][Ti]. The maximum absolute atomic E-state index is 9.60. The first-order chi connectivity index (χ1) is 4.68. The average Bonchev–Trinajstić information content (AvgIpc) is 1.89. The van der Waals surface area contributed by atoms with Crippen molar-refractivity contribution in [2.24, 2.45) is 0 Å². The third-order valence-corrected chi connectivity index (χ3v) is 1.06. The first-order valence-electron chi connectivity index (χ1n) is 3.19. The Morgan fingerprint density at radius 2 is 2.00 bits per heavy atom. The first-order valence-corrected chi connectivity index (χ1v) is 3.83. The molecule has 0 atom stereocenters. The van der Waals surface area contributed by atoms with Gasteiger partial charge in [0, 0.05) is 6.42 Å². The van der Waals surface area contributed by atoms with E-state index in [9.17, 15) is 4.79 Å². The summed E-state index contributed by atoms with van der Waals surface area (Å²) in [6.07, 6.45) is 1.02. The molecule has 0 aliphatic rings. The summed E-state index contributed by atoms with van der Waals surface area (Å²) in [5.41, 5.74) is 0. The van der Waals surface area contributed by atoms with E-state index in [2.05, 4.69) is 3.32 Å². The standard InChI is InChI=1S/C4H8O2.C2H5O.Ti/c1-2-3-4(5)6;1-2-3;/h2-3H2,1H3,(H,5,6);2H2,1H3;/q;-1;+1. The van der Waals surface area contributed by atoms with E-state index in [1.54, 1.807) is 20.8 Å². The number of rotatable bonds is 3. The molecule has 0 aromatic carbocycles. The molecule has 0 saturated carbocycles. The fraction of sp³-hybridized carbons (Fsp3) is 0.833. The minimum atomic E-state index is -0.711. The van der Waals surface area contributed by atoms with Crippen LogP contribution in [0.25, 0.3) is 0 Å². The van der Waals surface area contributed by atoms with Crippen LogP contribution in [0.4, 0.5) is 0 Å². The summed E-state index contributed by atoms with van der Waals surface area (Å²) in [5, 5.41) is 7.91. The van der Waals surface area contributed by atoms with Crippen molar-refractivity contribution < 1.29 is 34.0 Å². The van der Waals surface area contributed by atoms with E-state index in [1.807, 2.05) is 13.8 Å². The molecule has 1 N–H and O–H groups in total. The number of carboxylic acids is 1. The first kappa shape index (κ1) is 12.8. The van der Waals surface area contributed by atoms with E-state index in [4.69, 9.17) is 5.11 Å². The van der Waals surface area contributed by atoms with Crippen molar-refractivity contribution in [3.05, 3.63) is 0 Å². The van der Waals surface area contributed by atoms with Gasteiger partial charge in [0.15, 0.2) is 0 Å². The van der Waals surface area contributed by atoms with Crippen LogP contribution < -0.4 is 0 Å². The number of carbonyl (C=O) groups is 1. The monoisotopic (exact) mass is 181 g/mol. The van der Waals surface area contributed by atoms with E-state index < -0.39 is 5.97 Å². The molecule has 0 amide bonds. The zero-order valence-corrected chi connectivity index (χ0v) is 7.95. The second kappa shape index (κ2) is 11.9. The second-order valence-electron chi connectivity index (χ2n) is 1.58. The Bertz CT molecular complexity index is 73.4. The predicted octanol–water partition coefficient (Wildman–Crippen LogP) is 1.36. The van der Waals surface area contributed by atoms with Crippen LogP contribution in [0.15, 0.2) is 0 Å². The molecular weight excluding hydrogens is 168 g/mol. The summed E-state index contributed by atoms with van der Waals surface area (Å²) in [4.78, 5) is 9.60. The molecular formula is C6H13O3Ti.